The molecule has 0 saturated heterocycles. The summed E-state index contributed by atoms with van der Waals surface area (Å²) in [5.41, 5.74) is 0. The van der Waals surface area contributed by atoms with Crippen molar-refractivity contribution in [2.45, 2.75) is 11.3 Å². The summed E-state index contributed by atoms with van der Waals surface area (Å²) in [6.45, 7) is 2.15. The molecule has 0 saturated carbocycles. The maximum absolute atomic E-state index is 2.15. The van der Waals surface area contributed by atoms with Gasteiger partial charge in [0.1, 0.15) is 0 Å². The molecule has 0 bridgehead atoms. The Bertz CT molecular complexity index is 7.61. The number of halogens is 2. The second-order valence-electron chi connectivity index (χ2n) is 0.316. The summed E-state index contributed by atoms with van der Waals surface area (Å²) in [5, 5.41) is 0. The third-order valence-electron chi connectivity index (χ3n) is 0. The van der Waals surface area contributed by atoms with Gasteiger partial charge < -0.3 is 0 Å². The molecule has 0 aromatic heterocycles. The Kier molecular flexibility index (Phi) is 58.6. The molecule has 2 radical (unpaired) electrons. The quantitative estimate of drug-likeness (QED) is 0.546. The summed E-state index contributed by atoms with van der Waals surface area (Å²) < 4.78 is 1.30. The zero-order valence-corrected chi connectivity index (χ0v) is 7.16. The molecule has 0 amide bonds. The van der Waals surface area contributed by atoms with Crippen LogP contribution in [0.25, 0.3) is 0 Å². The van der Waals surface area contributed by atoms with Gasteiger partial charge in [0.2, 0.25) is 0 Å². The van der Waals surface area contributed by atoms with Crippen LogP contribution in [0, 0.1) is 0 Å². The van der Waals surface area contributed by atoms with Crippen molar-refractivity contribution in [1.29, 1.82) is 0 Å². The molecule has 0 aliphatic heterocycles. The van der Waals surface area contributed by atoms with Gasteiger partial charge in [-0.25, -0.2) is 0 Å². The van der Waals surface area contributed by atoms with Gasteiger partial charge in [0, 0.05) is 0 Å². The van der Waals surface area contributed by atoms with Crippen molar-refractivity contribution >= 4 is 47.8 Å². The second kappa shape index (κ2) is 18.2. The van der Waals surface area contributed by atoms with Crippen LogP contribution in [0.4, 0.5) is 0 Å². The molecular weight excluding hydrogens is 217 g/mol. The van der Waals surface area contributed by atoms with E-state index in [-0.39, 0.29) is 24.8 Å². The van der Waals surface area contributed by atoms with Crippen LogP contribution in [-0.2, 0) is 0 Å². The molecule has 3 heteroatoms. The first-order valence-corrected chi connectivity index (χ1v) is 2.83. The summed E-state index contributed by atoms with van der Waals surface area (Å²) >= 11 is 1.85. The zero-order valence-electron chi connectivity index (χ0n) is 2.97. The maximum atomic E-state index is 2.15. The minimum atomic E-state index is 0. The van der Waals surface area contributed by atoms with Crippen LogP contribution in [0.1, 0.15) is 6.92 Å². The second-order valence-corrected chi connectivity index (χ2v) is 2.12. The largest absolute Gasteiger partial charge is 0.147 e. The van der Waals surface area contributed by atoms with Gasteiger partial charge in [0.05, 0.1) is 0 Å². The fourth-order valence-electron chi connectivity index (χ4n) is 0. The Morgan fingerprint density at radius 3 is 1.40 bits per heavy atom. The number of hydrogen-bond donors (Lipinski definition) is 0. The van der Waals surface area contributed by atoms with Crippen molar-refractivity contribution < 1.29 is 0 Å². The molecule has 0 aliphatic rings. The molecule has 0 atom stereocenters. The van der Waals surface area contributed by atoms with E-state index in [0.717, 1.165) is 0 Å². The van der Waals surface area contributed by atoms with Gasteiger partial charge >= 0.3 is 34.3 Å². The van der Waals surface area contributed by atoms with E-state index >= 15 is 0 Å². The third-order valence-corrected chi connectivity index (χ3v) is 0. The average molecular weight is 224 g/mol. The van der Waals surface area contributed by atoms with Crippen molar-refractivity contribution in [3.63, 3.8) is 0 Å². The van der Waals surface area contributed by atoms with Gasteiger partial charge in [0.15, 0.2) is 0 Å². The van der Waals surface area contributed by atoms with Gasteiger partial charge in [-0.15, -0.1) is 24.8 Å². The molecule has 34 valence electrons. The number of hydrogen-bond acceptors (Lipinski definition) is 0. The molecule has 0 N–H and O–H groups in total. The van der Waals surface area contributed by atoms with E-state index in [1.807, 2.05) is 23.0 Å². The molecule has 0 heterocycles. The molecule has 5 heavy (non-hydrogen) atoms. The Balaban J connectivity index is -0.0000000200. The minimum absolute atomic E-state index is 0. The van der Waals surface area contributed by atoms with Crippen molar-refractivity contribution in [3.8, 4) is 0 Å². The average Bonchev–Trinajstić information content (AvgIpc) is 0.918. The number of rotatable bonds is 0. The Hall–Kier alpha value is 1.40. The summed E-state index contributed by atoms with van der Waals surface area (Å²) in [6.07, 6.45) is 0. The van der Waals surface area contributed by atoms with Crippen LogP contribution in [0.5, 0.6) is 0 Å². The molecular formula is C2H7Cl2Sb. The first kappa shape index (κ1) is 16.1. The van der Waals surface area contributed by atoms with Crippen molar-refractivity contribution in [2.24, 2.45) is 0 Å². The smallest absolute Gasteiger partial charge is 0.147 e. The predicted octanol–water partition coefficient (Wildman–Crippen LogP) is 1.44. The summed E-state index contributed by atoms with van der Waals surface area (Å²) in [5.74, 6) is 0. The van der Waals surface area contributed by atoms with Crippen LogP contribution >= 0.6 is 24.8 Å². The Labute approximate surface area is 59.0 Å². The fraction of sp³-hybridized carbons (Fsp3) is 1.00. The third kappa shape index (κ3) is 31.9. The first-order valence-electron chi connectivity index (χ1n) is 1.02. The van der Waals surface area contributed by atoms with E-state index in [0.29, 0.717) is 0 Å². The molecule has 0 aliphatic carbocycles. The van der Waals surface area contributed by atoms with Crippen molar-refractivity contribution in [3.05, 3.63) is 0 Å². The van der Waals surface area contributed by atoms with E-state index in [4.69, 9.17) is 0 Å². The summed E-state index contributed by atoms with van der Waals surface area (Å²) in [4.78, 5) is 0. The SMILES string of the molecule is C[CH2][Sb].Cl.Cl. The molecule has 0 aromatic rings. The van der Waals surface area contributed by atoms with Crippen LogP contribution in [0.2, 0.25) is 4.37 Å². The monoisotopic (exact) mass is 222 g/mol. The summed E-state index contributed by atoms with van der Waals surface area (Å²) in [6, 6.07) is 0. The topological polar surface area (TPSA) is 0 Å². The molecule has 0 spiro atoms. The standard InChI is InChI=1S/C2H5.2ClH.Sb/c1-2;;;/h1H2,2H3;2*1H;. The van der Waals surface area contributed by atoms with E-state index in [2.05, 4.69) is 6.92 Å². The van der Waals surface area contributed by atoms with Gasteiger partial charge in [-0.3, -0.25) is 0 Å². The van der Waals surface area contributed by atoms with E-state index < -0.39 is 0 Å². The van der Waals surface area contributed by atoms with Gasteiger partial charge in [-0.05, 0) is 0 Å². The first-order chi connectivity index (χ1) is 1.41. The Morgan fingerprint density at radius 2 is 1.40 bits per heavy atom. The fourth-order valence-corrected chi connectivity index (χ4v) is 0. The van der Waals surface area contributed by atoms with Crippen LogP contribution in [0.3, 0.4) is 0 Å². The Morgan fingerprint density at radius 1 is 1.40 bits per heavy atom. The maximum Gasteiger partial charge on any atom is -0.147 e. The van der Waals surface area contributed by atoms with E-state index in [9.17, 15) is 0 Å². The molecule has 0 fully saturated rings. The van der Waals surface area contributed by atoms with Gasteiger partial charge in [0.25, 0.3) is 0 Å². The molecule has 0 aromatic carbocycles. The van der Waals surface area contributed by atoms with Crippen molar-refractivity contribution in [2.75, 3.05) is 0 Å². The van der Waals surface area contributed by atoms with Crippen LogP contribution in [-0.4, -0.2) is 23.0 Å². The molecule has 0 nitrogen and oxygen atoms in total. The van der Waals surface area contributed by atoms with Crippen LogP contribution in [0.15, 0.2) is 0 Å². The van der Waals surface area contributed by atoms with Crippen molar-refractivity contribution in [1.82, 2.24) is 0 Å². The minimum Gasteiger partial charge on any atom is -0.147 e. The predicted molar refractivity (Wildman–Crippen MR) is 30.7 cm³/mol. The summed E-state index contributed by atoms with van der Waals surface area (Å²) in [7, 11) is 0. The van der Waals surface area contributed by atoms with E-state index in [1.165, 1.54) is 4.37 Å². The molecule has 0 unspecified atom stereocenters. The molecule has 0 rings (SSSR count). The normalized spacial score (nSPS) is 3.60. The van der Waals surface area contributed by atoms with E-state index in [1.54, 1.807) is 0 Å². The van der Waals surface area contributed by atoms with Gasteiger partial charge in [-0.2, -0.15) is 0 Å². The zero-order chi connectivity index (χ0) is 2.71. The van der Waals surface area contributed by atoms with Gasteiger partial charge in [-0.1, -0.05) is 0 Å². The van der Waals surface area contributed by atoms with Crippen LogP contribution < -0.4 is 0 Å².